The molecule has 0 bridgehead atoms. The number of hydrogen-bond donors (Lipinski definition) is 2. The van der Waals surface area contributed by atoms with Crippen LogP contribution in [0.1, 0.15) is 36.4 Å². The third-order valence-electron chi connectivity index (χ3n) is 2.88. The van der Waals surface area contributed by atoms with Gasteiger partial charge >= 0.3 is 0 Å². The Labute approximate surface area is 117 Å². The molecule has 1 fully saturated rings. The van der Waals surface area contributed by atoms with Gasteiger partial charge in [-0.1, -0.05) is 23.5 Å². The summed E-state index contributed by atoms with van der Waals surface area (Å²) in [5.74, 6) is 0.252. The molecule has 2 rings (SSSR count). The molecule has 1 heterocycles. The first kappa shape index (κ1) is 13.9. The molecule has 1 aliphatic rings. The first-order chi connectivity index (χ1) is 9.01. The molecular weight excluding hydrogens is 260 g/mol. The SMILES string of the molecule is C=C(C)CN(CC)C(=O)c1sc(NC2CC2)nc1N. The molecule has 104 valence electrons. The number of nitrogens with zero attached hydrogens (tertiary/aromatic N) is 2. The minimum Gasteiger partial charge on any atom is -0.382 e. The number of rotatable bonds is 6. The number of nitrogen functional groups attached to an aromatic ring is 1. The highest BCUT2D eigenvalue weighted by Crippen LogP contribution is 2.31. The fourth-order valence-electron chi connectivity index (χ4n) is 1.75. The van der Waals surface area contributed by atoms with Crippen LogP contribution in [-0.4, -0.2) is 34.9 Å². The summed E-state index contributed by atoms with van der Waals surface area (Å²) in [5, 5.41) is 4.01. The summed E-state index contributed by atoms with van der Waals surface area (Å²) in [6.45, 7) is 8.89. The van der Waals surface area contributed by atoms with E-state index in [4.69, 9.17) is 5.73 Å². The molecule has 19 heavy (non-hydrogen) atoms. The molecule has 3 N–H and O–H groups in total. The molecule has 0 saturated heterocycles. The third kappa shape index (κ3) is 3.47. The van der Waals surface area contributed by atoms with Gasteiger partial charge in [-0.15, -0.1) is 0 Å². The topological polar surface area (TPSA) is 71.2 Å². The van der Waals surface area contributed by atoms with Crippen molar-refractivity contribution in [2.24, 2.45) is 0 Å². The predicted octanol–water partition coefficient (Wildman–Crippen LogP) is 2.34. The molecule has 6 heteroatoms. The number of anilines is 2. The van der Waals surface area contributed by atoms with Crippen LogP contribution in [-0.2, 0) is 0 Å². The highest BCUT2D eigenvalue weighted by molar-refractivity contribution is 7.18. The van der Waals surface area contributed by atoms with Crippen LogP contribution in [0.4, 0.5) is 10.9 Å². The van der Waals surface area contributed by atoms with Gasteiger partial charge in [0, 0.05) is 19.1 Å². The summed E-state index contributed by atoms with van der Waals surface area (Å²) >= 11 is 1.34. The molecule has 0 aliphatic heterocycles. The van der Waals surface area contributed by atoms with Crippen LogP contribution in [0.2, 0.25) is 0 Å². The van der Waals surface area contributed by atoms with Crippen LogP contribution in [0.5, 0.6) is 0 Å². The van der Waals surface area contributed by atoms with Gasteiger partial charge in [0.1, 0.15) is 10.7 Å². The number of carbonyl (C=O) groups excluding carboxylic acids is 1. The second-order valence-electron chi connectivity index (χ2n) is 4.93. The maximum atomic E-state index is 12.4. The van der Waals surface area contributed by atoms with E-state index in [2.05, 4.69) is 16.9 Å². The zero-order chi connectivity index (χ0) is 14.0. The lowest BCUT2D eigenvalue weighted by Gasteiger charge is -2.20. The van der Waals surface area contributed by atoms with Crippen molar-refractivity contribution in [1.29, 1.82) is 0 Å². The normalized spacial score (nSPS) is 14.2. The molecule has 0 unspecified atom stereocenters. The minimum absolute atomic E-state index is 0.0654. The largest absolute Gasteiger partial charge is 0.382 e. The molecule has 1 saturated carbocycles. The smallest absolute Gasteiger partial charge is 0.268 e. The van der Waals surface area contributed by atoms with Gasteiger partial charge < -0.3 is 16.0 Å². The van der Waals surface area contributed by atoms with Crippen LogP contribution >= 0.6 is 11.3 Å². The zero-order valence-corrected chi connectivity index (χ0v) is 12.2. The summed E-state index contributed by atoms with van der Waals surface area (Å²) in [5.41, 5.74) is 6.80. The van der Waals surface area contributed by atoms with Gasteiger partial charge in [-0.25, -0.2) is 4.98 Å². The van der Waals surface area contributed by atoms with Gasteiger partial charge in [-0.3, -0.25) is 4.79 Å². The number of amides is 1. The van der Waals surface area contributed by atoms with E-state index in [1.807, 2.05) is 13.8 Å². The first-order valence-electron chi connectivity index (χ1n) is 6.47. The summed E-state index contributed by atoms with van der Waals surface area (Å²) in [6.07, 6.45) is 2.33. The fraction of sp³-hybridized carbons (Fsp3) is 0.538. The maximum absolute atomic E-state index is 12.4. The Kier molecular flexibility index (Phi) is 4.09. The van der Waals surface area contributed by atoms with Crippen LogP contribution in [0.3, 0.4) is 0 Å². The van der Waals surface area contributed by atoms with E-state index in [-0.39, 0.29) is 5.91 Å². The second kappa shape index (κ2) is 5.61. The lowest BCUT2D eigenvalue weighted by atomic mass is 10.3. The molecule has 0 aromatic carbocycles. The average molecular weight is 280 g/mol. The lowest BCUT2D eigenvalue weighted by Crippen LogP contribution is -2.32. The molecule has 5 nitrogen and oxygen atoms in total. The van der Waals surface area contributed by atoms with Crippen molar-refractivity contribution in [3.8, 4) is 0 Å². The van der Waals surface area contributed by atoms with Gasteiger partial charge in [0.2, 0.25) is 0 Å². The second-order valence-corrected chi connectivity index (χ2v) is 5.93. The van der Waals surface area contributed by atoms with Crippen molar-refractivity contribution in [2.75, 3.05) is 24.1 Å². The van der Waals surface area contributed by atoms with Crippen molar-refractivity contribution in [3.63, 3.8) is 0 Å². The van der Waals surface area contributed by atoms with Crippen LogP contribution < -0.4 is 11.1 Å². The molecule has 0 atom stereocenters. The van der Waals surface area contributed by atoms with Gasteiger partial charge in [0.05, 0.1) is 0 Å². The Morgan fingerprint density at radius 1 is 1.63 bits per heavy atom. The van der Waals surface area contributed by atoms with E-state index < -0.39 is 0 Å². The summed E-state index contributed by atoms with van der Waals surface area (Å²) in [4.78, 5) is 18.9. The van der Waals surface area contributed by atoms with Crippen molar-refractivity contribution < 1.29 is 4.79 Å². The van der Waals surface area contributed by atoms with E-state index in [9.17, 15) is 4.79 Å². The van der Waals surface area contributed by atoms with Crippen LogP contribution in [0.15, 0.2) is 12.2 Å². The van der Waals surface area contributed by atoms with Crippen LogP contribution in [0, 0.1) is 0 Å². The van der Waals surface area contributed by atoms with Gasteiger partial charge in [0.25, 0.3) is 5.91 Å². The van der Waals surface area contributed by atoms with Crippen molar-refractivity contribution in [1.82, 2.24) is 9.88 Å². The van der Waals surface area contributed by atoms with E-state index in [1.165, 1.54) is 24.2 Å². The summed E-state index contributed by atoms with van der Waals surface area (Å²) in [7, 11) is 0. The number of thiazole rings is 1. The molecule has 1 aromatic rings. The Balaban J connectivity index is 2.12. The molecule has 1 amide bonds. The number of nitrogens with one attached hydrogen (secondary N) is 1. The summed E-state index contributed by atoms with van der Waals surface area (Å²) < 4.78 is 0. The third-order valence-corrected chi connectivity index (χ3v) is 3.87. The van der Waals surface area contributed by atoms with E-state index in [0.717, 1.165) is 10.7 Å². The standard InChI is InChI=1S/C13H20N4OS/c1-4-17(7-8(2)3)12(18)10-11(14)16-13(19-10)15-9-5-6-9/h9H,2,4-7,14H2,1,3H3,(H,15,16). The molecule has 1 aliphatic carbocycles. The maximum Gasteiger partial charge on any atom is 0.268 e. The Morgan fingerprint density at radius 2 is 2.32 bits per heavy atom. The van der Waals surface area contributed by atoms with Crippen molar-refractivity contribution in [3.05, 3.63) is 17.0 Å². The number of nitrogens with two attached hydrogens (primary N) is 1. The first-order valence-corrected chi connectivity index (χ1v) is 7.29. The zero-order valence-electron chi connectivity index (χ0n) is 11.4. The van der Waals surface area contributed by atoms with Crippen molar-refractivity contribution in [2.45, 2.75) is 32.7 Å². The number of aromatic nitrogens is 1. The lowest BCUT2D eigenvalue weighted by molar-refractivity contribution is 0.0784. The Hall–Kier alpha value is -1.56. The fourth-order valence-corrected chi connectivity index (χ4v) is 2.68. The molecule has 1 aromatic heterocycles. The van der Waals surface area contributed by atoms with Crippen molar-refractivity contribution >= 4 is 28.2 Å². The highest BCUT2D eigenvalue weighted by Gasteiger charge is 2.25. The quantitative estimate of drug-likeness (QED) is 0.785. The van der Waals surface area contributed by atoms with Gasteiger partial charge in [-0.2, -0.15) is 0 Å². The molecular formula is C13H20N4OS. The number of hydrogen-bond acceptors (Lipinski definition) is 5. The van der Waals surface area contributed by atoms with E-state index in [0.29, 0.717) is 29.8 Å². The number of likely N-dealkylation sites (N-methyl/N-ethyl adjacent to an activating group) is 1. The minimum atomic E-state index is -0.0654. The van der Waals surface area contributed by atoms with E-state index >= 15 is 0 Å². The predicted molar refractivity (Wildman–Crippen MR) is 79.6 cm³/mol. The number of carbonyl (C=O) groups is 1. The summed E-state index contributed by atoms with van der Waals surface area (Å²) in [6, 6.07) is 0.506. The van der Waals surface area contributed by atoms with E-state index in [1.54, 1.807) is 4.90 Å². The van der Waals surface area contributed by atoms with Gasteiger partial charge in [-0.05, 0) is 26.7 Å². The Morgan fingerprint density at radius 3 is 2.84 bits per heavy atom. The molecule has 0 radical (unpaired) electrons. The Bertz CT molecular complexity index is 493. The van der Waals surface area contributed by atoms with Gasteiger partial charge in [0.15, 0.2) is 5.13 Å². The van der Waals surface area contributed by atoms with Crippen LogP contribution in [0.25, 0.3) is 0 Å². The monoisotopic (exact) mass is 280 g/mol. The molecule has 0 spiro atoms. The average Bonchev–Trinajstić information content (AvgIpc) is 3.08. The highest BCUT2D eigenvalue weighted by atomic mass is 32.1.